The van der Waals surface area contributed by atoms with Gasteiger partial charge >= 0.3 is 89.8 Å². The van der Waals surface area contributed by atoms with E-state index in [1.54, 1.807) is 0 Å². The van der Waals surface area contributed by atoms with Gasteiger partial charge in [0.2, 0.25) is 0 Å². The minimum atomic E-state index is -3.74. The van der Waals surface area contributed by atoms with Crippen molar-refractivity contribution < 1.29 is 19.8 Å². The molecule has 0 atom stereocenters. The third kappa shape index (κ3) is 6.43. The van der Waals surface area contributed by atoms with Gasteiger partial charge in [0.05, 0.1) is 0 Å². The van der Waals surface area contributed by atoms with Gasteiger partial charge in [-0.3, -0.25) is 0 Å². The van der Waals surface area contributed by atoms with Crippen molar-refractivity contribution in [2.75, 3.05) is 0 Å². The summed E-state index contributed by atoms with van der Waals surface area (Å²) < 4.78 is -0.833. The minimum absolute atomic E-state index is 0.400. The van der Waals surface area contributed by atoms with E-state index in [4.69, 9.17) is 40.2 Å². The molecule has 0 aliphatic carbocycles. The molecule has 2 N–H and O–H groups in total. The second kappa shape index (κ2) is 5.29. The summed E-state index contributed by atoms with van der Waals surface area (Å²) in [6.45, 7) is 0. The second-order valence-electron chi connectivity index (χ2n) is 2.43. The Morgan fingerprint density at radius 3 is 1.54 bits per heavy atom. The fourth-order valence-corrected chi connectivity index (χ4v) is 4.83. The van der Waals surface area contributed by atoms with Crippen molar-refractivity contribution in [2.24, 2.45) is 0 Å². The fraction of sp³-hybridized carbons (Fsp3) is 0.600. The van der Waals surface area contributed by atoms with E-state index in [2.05, 4.69) is 0 Å². The summed E-state index contributed by atoms with van der Waals surface area (Å²) in [5.74, 6) is -2.30. The first-order valence-corrected chi connectivity index (χ1v) is 12.7. The Bertz CT molecular complexity index is 198. The van der Waals surface area contributed by atoms with Crippen LogP contribution in [0, 0.1) is 0 Å². The molecule has 0 radical (unpaired) electrons. The Kier molecular flexibility index (Phi) is 5.43. The molecule has 0 bridgehead atoms. The molecule has 0 saturated heterocycles. The van der Waals surface area contributed by atoms with E-state index >= 15 is 0 Å². The quantitative estimate of drug-likeness (QED) is 0.761. The van der Waals surface area contributed by atoms with Crippen LogP contribution in [0.2, 0.25) is 4.75 Å². The van der Waals surface area contributed by atoms with Crippen LogP contribution in [0.3, 0.4) is 0 Å². The molecular formula is C5H7Cl3GeO4. The second-order valence-corrected chi connectivity index (χ2v) is 18.7. The normalized spacial score (nSPS) is 11.7. The van der Waals surface area contributed by atoms with E-state index in [1.165, 1.54) is 0 Å². The summed E-state index contributed by atoms with van der Waals surface area (Å²) >= 11 is 0. The van der Waals surface area contributed by atoms with Gasteiger partial charge in [-0.15, -0.1) is 0 Å². The fourth-order valence-electron chi connectivity index (χ4n) is 0.725. The molecule has 0 heterocycles. The summed E-state index contributed by atoms with van der Waals surface area (Å²) in [6, 6.07) is 0. The van der Waals surface area contributed by atoms with Crippen LogP contribution in [0.25, 0.3) is 0 Å². The number of aliphatic carboxylic acids is 2. The molecule has 0 fully saturated rings. The van der Waals surface area contributed by atoms with Gasteiger partial charge in [-0.25, -0.2) is 0 Å². The van der Waals surface area contributed by atoms with Crippen molar-refractivity contribution in [3.63, 3.8) is 0 Å². The van der Waals surface area contributed by atoms with Crippen LogP contribution in [0.15, 0.2) is 0 Å². The number of carboxylic acids is 2. The van der Waals surface area contributed by atoms with Crippen LogP contribution in [-0.4, -0.2) is 32.6 Å². The van der Waals surface area contributed by atoms with Crippen molar-refractivity contribution in [3.05, 3.63) is 0 Å². The van der Waals surface area contributed by atoms with E-state index in [-0.39, 0.29) is 0 Å². The summed E-state index contributed by atoms with van der Waals surface area (Å²) in [5, 5.41) is 16.8. The topological polar surface area (TPSA) is 74.6 Å². The van der Waals surface area contributed by atoms with Crippen molar-refractivity contribution in [1.82, 2.24) is 0 Å². The number of carbonyl (C=O) groups is 2. The van der Waals surface area contributed by atoms with Crippen molar-refractivity contribution in [2.45, 2.75) is 17.6 Å². The molecule has 0 amide bonds. The van der Waals surface area contributed by atoms with Gasteiger partial charge in [-0.2, -0.15) is 0 Å². The zero-order valence-electron chi connectivity index (χ0n) is 6.34. The van der Waals surface area contributed by atoms with E-state index < -0.39 is 40.0 Å². The molecule has 0 aromatic carbocycles. The van der Waals surface area contributed by atoms with Gasteiger partial charge < -0.3 is 0 Å². The molecule has 76 valence electrons. The van der Waals surface area contributed by atoms with Gasteiger partial charge in [-0.05, 0) is 0 Å². The van der Waals surface area contributed by atoms with Crippen molar-refractivity contribution >= 4 is 52.4 Å². The zero-order valence-corrected chi connectivity index (χ0v) is 10.7. The number of hydrogen-bond donors (Lipinski definition) is 2. The standard InChI is InChI=1S/C5H7Cl3GeO4/c6-9(7,8)3(1-4(10)11)2-5(12)13/h3H,1-2H2,(H,10,11)(H,12,13). The first-order valence-electron chi connectivity index (χ1n) is 3.23. The maximum atomic E-state index is 10.3. The molecule has 0 unspecified atom stereocenters. The van der Waals surface area contributed by atoms with Crippen LogP contribution >= 0.6 is 30.0 Å². The Morgan fingerprint density at radius 1 is 1.08 bits per heavy atom. The van der Waals surface area contributed by atoms with Gasteiger partial charge in [0.15, 0.2) is 0 Å². The summed E-state index contributed by atoms with van der Waals surface area (Å²) in [5.41, 5.74) is 0. The Hall–Kier alpha value is 0.353. The average molecular weight is 310 g/mol. The summed E-state index contributed by atoms with van der Waals surface area (Å²) in [4.78, 5) is 20.6. The molecule has 8 heteroatoms. The maximum absolute atomic E-state index is 10.3. The van der Waals surface area contributed by atoms with Gasteiger partial charge in [0, 0.05) is 0 Å². The van der Waals surface area contributed by atoms with Crippen molar-refractivity contribution in [1.29, 1.82) is 0 Å². The molecule has 0 spiro atoms. The number of hydrogen-bond acceptors (Lipinski definition) is 2. The number of halogens is 3. The molecular weight excluding hydrogens is 303 g/mol. The molecule has 0 aromatic heterocycles. The predicted molar refractivity (Wildman–Crippen MR) is 51.6 cm³/mol. The van der Waals surface area contributed by atoms with Crippen LogP contribution in [0.4, 0.5) is 0 Å². The Morgan fingerprint density at radius 2 is 1.38 bits per heavy atom. The Balaban J connectivity index is 4.37. The summed E-state index contributed by atoms with van der Waals surface area (Å²) in [6.07, 6.45) is -0.800. The van der Waals surface area contributed by atoms with E-state index in [1.807, 2.05) is 0 Å². The molecule has 0 aliphatic rings. The summed E-state index contributed by atoms with van der Waals surface area (Å²) in [7, 11) is 13.0. The van der Waals surface area contributed by atoms with Gasteiger partial charge in [-0.1, -0.05) is 0 Å². The third-order valence-corrected chi connectivity index (χ3v) is 8.91. The zero-order chi connectivity index (χ0) is 10.6. The SMILES string of the molecule is O=C(O)C[CH](CC(=O)O)[Ge]([Cl])([Cl])[Cl]. The molecule has 4 nitrogen and oxygen atoms in total. The molecule has 0 saturated carbocycles. The Labute approximate surface area is 89.7 Å². The number of rotatable bonds is 5. The van der Waals surface area contributed by atoms with Crippen molar-refractivity contribution in [3.8, 4) is 0 Å². The van der Waals surface area contributed by atoms with Gasteiger partial charge in [0.25, 0.3) is 0 Å². The van der Waals surface area contributed by atoms with Gasteiger partial charge in [0.1, 0.15) is 0 Å². The van der Waals surface area contributed by atoms with E-state index in [9.17, 15) is 9.59 Å². The molecule has 0 rings (SSSR count). The third-order valence-electron chi connectivity index (χ3n) is 1.30. The molecule has 0 aliphatic heterocycles. The first-order chi connectivity index (χ1) is 5.73. The van der Waals surface area contributed by atoms with Crippen LogP contribution in [0.1, 0.15) is 12.8 Å². The van der Waals surface area contributed by atoms with E-state index in [0.717, 1.165) is 0 Å². The first kappa shape index (κ1) is 13.4. The monoisotopic (exact) mass is 310 g/mol. The molecule has 0 aromatic rings. The van der Waals surface area contributed by atoms with Crippen LogP contribution in [-0.2, 0) is 9.59 Å². The number of carboxylic acid groups (broad SMARTS) is 2. The van der Waals surface area contributed by atoms with Crippen LogP contribution < -0.4 is 0 Å². The molecule has 13 heavy (non-hydrogen) atoms. The van der Waals surface area contributed by atoms with Crippen LogP contribution in [0.5, 0.6) is 0 Å². The average Bonchev–Trinajstić information content (AvgIpc) is 1.81. The van der Waals surface area contributed by atoms with E-state index in [0.29, 0.717) is 0 Å². The predicted octanol–water partition coefficient (Wildman–Crippen LogP) is 1.96.